The second kappa shape index (κ2) is 11.2. The van der Waals surface area contributed by atoms with Gasteiger partial charge in [-0.25, -0.2) is 14.7 Å². The molecule has 10 nitrogen and oxygen atoms in total. The molecule has 1 fully saturated rings. The molecule has 37 heavy (non-hydrogen) atoms. The van der Waals surface area contributed by atoms with Crippen molar-refractivity contribution in [2.45, 2.75) is 57.4 Å². The highest BCUT2D eigenvalue weighted by molar-refractivity contribution is 6.62. The SMILES string of the molecule is CC(C)(C)OC(=O)N1C[C@H](N(OCc2ccccc2)C(=O)Cl)CC[C@@]1(C(=O)O)c1ccc(C(N)=O)cc1. The van der Waals surface area contributed by atoms with Gasteiger partial charge in [-0.15, -0.1) is 0 Å². The predicted octanol–water partition coefficient (Wildman–Crippen LogP) is 4.26. The summed E-state index contributed by atoms with van der Waals surface area (Å²) in [5.74, 6) is -1.96. The van der Waals surface area contributed by atoms with Crippen LogP contribution in [-0.4, -0.2) is 56.6 Å². The van der Waals surface area contributed by atoms with Crippen LogP contribution in [0.3, 0.4) is 0 Å². The fraction of sp³-hybridized carbons (Fsp3) is 0.385. The Morgan fingerprint density at radius 1 is 1.11 bits per heavy atom. The molecule has 3 rings (SSSR count). The van der Waals surface area contributed by atoms with E-state index in [2.05, 4.69) is 0 Å². The third-order valence-electron chi connectivity index (χ3n) is 6.03. The first-order valence-electron chi connectivity index (χ1n) is 11.6. The molecule has 1 aliphatic rings. The summed E-state index contributed by atoms with van der Waals surface area (Å²) >= 11 is 5.84. The van der Waals surface area contributed by atoms with Crippen LogP contribution in [0.25, 0.3) is 0 Å². The second-order valence-corrected chi connectivity index (χ2v) is 10.1. The first-order chi connectivity index (χ1) is 17.3. The summed E-state index contributed by atoms with van der Waals surface area (Å²) in [6.45, 7) is 4.79. The molecule has 1 saturated heterocycles. The number of hydrogen-bond donors (Lipinski definition) is 2. The van der Waals surface area contributed by atoms with Crippen molar-refractivity contribution in [1.29, 1.82) is 0 Å². The monoisotopic (exact) mass is 531 g/mol. The predicted molar refractivity (Wildman–Crippen MR) is 135 cm³/mol. The number of piperidine rings is 1. The largest absolute Gasteiger partial charge is 0.479 e. The average Bonchev–Trinajstić information content (AvgIpc) is 2.83. The fourth-order valence-corrected chi connectivity index (χ4v) is 4.47. The van der Waals surface area contributed by atoms with Crippen LogP contribution in [0.2, 0.25) is 0 Å². The van der Waals surface area contributed by atoms with Crippen LogP contribution >= 0.6 is 11.6 Å². The van der Waals surface area contributed by atoms with E-state index in [9.17, 15) is 24.3 Å². The number of ether oxygens (including phenoxy) is 1. The highest BCUT2D eigenvalue weighted by Crippen LogP contribution is 2.41. The van der Waals surface area contributed by atoms with Gasteiger partial charge in [-0.3, -0.25) is 19.3 Å². The van der Waals surface area contributed by atoms with Gasteiger partial charge in [-0.1, -0.05) is 42.5 Å². The van der Waals surface area contributed by atoms with E-state index in [1.54, 1.807) is 20.8 Å². The fourth-order valence-electron chi connectivity index (χ4n) is 4.28. The van der Waals surface area contributed by atoms with Crippen molar-refractivity contribution in [3.63, 3.8) is 0 Å². The molecule has 0 aromatic heterocycles. The molecule has 11 heteroatoms. The topological polar surface area (TPSA) is 139 Å². The second-order valence-electron chi connectivity index (χ2n) is 9.73. The number of amides is 3. The van der Waals surface area contributed by atoms with Gasteiger partial charge in [0.05, 0.1) is 6.04 Å². The molecule has 3 N–H and O–H groups in total. The van der Waals surface area contributed by atoms with Crippen LogP contribution in [0.15, 0.2) is 54.6 Å². The van der Waals surface area contributed by atoms with E-state index < -0.39 is 40.5 Å². The maximum absolute atomic E-state index is 13.4. The number of carboxylic acid groups (broad SMARTS) is 1. The normalized spacial score (nSPS) is 19.7. The summed E-state index contributed by atoms with van der Waals surface area (Å²) < 4.78 is 5.56. The van der Waals surface area contributed by atoms with E-state index in [-0.39, 0.29) is 37.1 Å². The summed E-state index contributed by atoms with van der Waals surface area (Å²) in [4.78, 5) is 56.8. The number of carboxylic acids is 1. The lowest BCUT2D eigenvalue weighted by molar-refractivity contribution is -0.177. The van der Waals surface area contributed by atoms with E-state index in [1.165, 1.54) is 24.3 Å². The van der Waals surface area contributed by atoms with Crippen molar-refractivity contribution in [3.8, 4) is 0 Å². The zero-order chi connectivity index (χ0) is 27.4. The van der Waals surface area contributed by atoms with Crippen LogP contribution in [0.1, 0.15) is 55.1 Å². The van der Waals surface area contributed by atoms with Crippen LogP contribution in [0.5, 0.6) is 0 Å². The standard InChI is InChI=1S/C26H30ClN3O7/c1-25(2,3)37-24(35)29-15-20(30(23(27)34)36-16-17-7-5-4-6-8-17)13-14-26(29,22(32)33)19-11-9-18(10-12-19)21(28)31/h4-12,20H,13-16H2,1-3H3,(H2,28,31)(H,32,33)/t20-,26+/m1/s1. The molecule has 2 atom stereocenters. The van der Waals surface area contributed by atoms with Crippen molar-refractivity contribution in [3.05, 3.63) is 71.3 Å². The number of carbonyl (C=O) groups excluding carboxylic acids is 3. The Morgan fingerprint density at radius 3 is 2.24 bits per heavy atom. The number of hydroxylamine groups is 2. The van der Waals surface area contributed by atoms with Crippen LogP contribution in [0, 0.1) is 0 Å². The maximum atomic E-state index is 13.4. The minimum atomic E-state index is -1.84. The molecular formula is C26H30ClN3O7. The minimum absolute atomic E-state index is 0.0426. The van der Waals surface area contributed by atoms with E-state index in [4.69, 9.17) is 26.9 Å². The number of likely N-dealkylation sites (tertiary alicyclic amines) is 1. The third kappa shape index (κ3) is 6.39. The molecule has 2 aromatic rings. The number of carbonyl (C=O) groups is 4. The highest BCUT2D eigenvalue weighted by atomic mass is 35.5. The molecule has 0 spiro atoms. The van der Waals surface area contributed by atoms with Gasteiger partial charge in [0.15, 0.2) is 5.54 Å². The summed E-state index contributed by atoms with van der Waals surface area (Å²) in [7, 11) is 0. The molecule has 3 amide bonds. The van der Waals surface area contributed by atoms with Crippen molar-refractivity contribution in [1.82, 2.24) is 9.96 Å². The average molecular weight is 532 g/mol. The van der Waals surface area contributed by atoms with Crippen LogP contribution < -0.4 is 5.73 Å². The molecule has 2 aromatic carbocycles. The molecule has 1 aliphatic heterocycles. The first-order valence-corrected chi connectivity index (χ1v) is 12.0. The van der Waals surface area contributed by atoms with Crippen LogP contribution in [0.4, 0.5) is 9.59 Å². The summed E-state index contributed by atoms with van der Waals surface area (Å²) in [6, 6.07) is 14.1. The molecule has 0 aliphatic carbocycles. The summed E-state index contributed by atoms with van der Waals surface area (Å²) in [5, 5.41) is 10.5. The van der Waals surface area contributed by atoms with E-state index in [0.717, 1.165) is 15.5 Å². The lowest BCUT2D eigenvalue weighted by atomic mass is 9.79. The lowest BCUT2D eigenvalue weighted by Gasteiger charge is -2.48. The Hall–Kier alpha value is -3.63. The Balaban J connectivity index is 1.98. The Kier molecular flexibility index (Phi) is 8.45. The van der Waals surface area contributed by atoms with Gasteiger partial charge >= 0.3 is 17.4 Å². The molecule has 198 valence electrons. The van der Waals surface area contributed by atoms with Gasteiger partial charge < -0.3 is 15.6 Å². The highest BCUT2D eigenvalue weighted by Gasteiger charge is 2.54. The molecule has 0 saturated carbocycles. The molecule has 0 unspecified atom stereocenters. The van der Waals surface area contributed by atoms with Crippen molar-refractivity contribution in [2.75, 3.05) is 6.54 Å². The van der Waals surface area contributed by atoms with Crippen LogP contribution in [-0.2, 0) is 26.5 Å². The number of primary amides is 1. The molecule has 1 heterocycles. The van der Waals surface area contributed by atoms with E-state index in [0.29, 0.717) is 0 Å². The quantitative estimate of drug-likeness (QED) is 0.309. The summed E-state index contributed by atoms with van der Waals surface area (Å²) in [5.41, 5.74) is 3.80. The number of nitrogens with two attached hydrogens (primary N) is 1. The maximum Gasteiger partial charge on any atom is 0.411 e. The third-order valence-corrected chi connectivity index (χ3v) is 6.19. The smallest absolute Gasteiger partial charge is 0.411 e. The van der Waals surface area contributed by atoms with E-state index >= 15 is 0 Å². The van der Waals surface area contributed by atoms with Gasteiger partial charge in [-0.2, -0.15) is 0 Å². The summed E-state index contributed by atoms with van der Waals surface area (Å²) in [6.07, 6.45) is -0.822. The Labute approximate surface area is 219 Å². The van der Waals surface area contributed by atoms with Gasteiger partial charge in [0.1, 0.15) is 12.2 Å². The first kappa shape index (κ1) is 27.9. The van der Waals surface area contributed by atoms with Gasteiger partial charge in [0.2, 0.25) is 5.91 Å². The van der Waals surface area contributed by atoms with E-state index in [1.807, 2.05) is 30.3 Å². The molecule has 0 radical (unpaired) electrons. The Bertz CT molecular complexity index is 1150. The van der Waals surface area contributed by atoms with Crippen molar-refractivity contribution < 1.29 is 33.9 Å². The molecular weight excluding hydrogens is 502 g/mol. The zero-order valence-corrected chi connectivity index (χ0v) is 21.6. The van der Waals surface area contributed by atoms with Gasteiger partial charge in [-0.05, 0) is 68.5 Å². The number of benzene rings is 2. The van der Waals surface area contributed by atoms with Gasteiger partial charge in [0, 0.05) is 12.1 Å². The zero-order valence-electron chi connectivity index (χ0n) is 20.8. The molecule has 0 bridgehead atoms. The Morgan fingerprint density at radius 2 is 1.73 bits per heavy atom. The number of hydrogen-bond acceptors (Lipinski definition) is 6. The number of aliphatic carboxylic acids is 1. The minimum Gasteiger partial charge on any atom is -0.479 e. The van der Waals surface area contributed by atoms with Gasteiger partial charge in [0.25, 0.3) is 0 Å². The number of nitrogens with zero attached hydrogens (tertiary/aromatic N) is 2. The number of rotatable bonds is 7. The number of halogens is 1. The van der Waals surface area contributed by atoms with Crippen molar-refractivity contribution in [2.24, 2.45) is 5.73 Å². The van der Waals surface area contributed by atoms with Crippen molar-refractivity contribution >= 4 is 34.9 Å². The lowest BCUT2D eigenvalue weighted by Crippen LogP contribution is -2.63.